The zero-order valence-corrected chi connectivity index (χ0v) is 14.0. The van der Waals surface area contributed by atoms with Crippen molar-refractivity contribution < 1.29 is 19.1 Å². The van der Waals surface area contributed by atoms with Gasteiger partial charge in [-0.05, 0) is 13.3 Å². The van der Waals surface area contributed by atoms with Crippen LogP contribution in [0.4, 0.5) is 0 Å². The molecule has 8 nitrogen and oxygen atoms in total. The largest absolute Gasteiger partial charge is 0.487 e. The van der Waals surface area contributed by atoms with Crippen LogP contribution in [0.3, 0.4) is 0 Å². The zero-order valence-electron chi connectivity index (χ0n) is 14.0. The fraction of sp³-hybridized carbons (Fsp3) is 0.562. The van der Waals surface area contributed by atoms with Crippen molar-refractivity contribution >= 4 is 11.9 Å². The van der Waals surface area contributed by atoms with E-state index in [2.05, 4.69) is 5.43 Å². The number of amides is 1. The second-order valence-corrected chi connectivity index (χ2v) is 5.37. The molecule has 2 rings (SSSR count). The highest BCUT2D eigenvalue weighted by Gasteiger charge is 2.29. The van der Waals surface area contributed by atoms with Crippen LogP contribution in [0.25, 0.3) is 0 Å². The summed E-state index contributed by atoms with van der Waals surface area (Å²) in [5.41, 5.74) is 2.83. The lowest BCUT2D eigenvalue weighted by molar-refractivity contribution is -0.143. The highest BCUT2D eigenvalue weighted by Crippen LogP contribution is 2.18. The van der Waals surface area contributed by atoms with Gasteiger partial charge in [0.2, 0.25) is 5.43 Å². The summed E-state index contributed by atoms with van der Waals surface area (Å²) >= 11 is 0. The van der Waals surface area contributed by atoms with Crippen molar-refractivity contribution in [1.82, 2.24) is 9.58 Å². The van der Waals surface area contributed by atoms with E-state index in [-0.39, 0.29) is 48.4 Å². The van der Waals surface area contributed by atoms with Crippen LogP contribution in [0.5, 0.6) is 5.75 Å². The van der Waals surface area contributed by atoms with Gasteiger partial charge < -0.3 is 19.8 Å². The summed E-state index contributed by atoms with van der Waals surface area (Å²) < 4.78 is 11.9. The lowest BCUT2D eigenvalue weighted by Gasteiger charge is -2.31. The Kier molecular flexibility index (Phi) is 6.22. The second kappa shape index (κ2) is 8.37. The molecular weight excluding hydrogens is 314 g/mol. The lowest BCUT2D eigenvalue weighted by atomic mass is 10.2. The maximum absolute atomic E-state index is 12.7. The lowest BCUT2D eigenvalue weighted by Crippen LogP contribution is -2.47. The Balaban J connectivity index is 2.16. The van der Waals surface area contributed by atoms with Crippen LogP contribution in [0, 0.1) is 0 Å². The van der Waals surface area contributed by atoms with Gasteiger partial charge in [-0.15, -0.1) is 0 Å². The van der Waals surface area contributed by atoms with E-state index in [4.69, 9.17) is 9.47 Å². The van der Waals surface area contributed by atoms with Crippen molar-refractivity contribution in [2.75, 3.05) is 31.9 Å². The molecule has 0 aromatic carbocycles. The van der Waals surface area contributed by atoms with Gasteiger partial charge in [-0.3, -0.25) is 19.1 Å². The van der Waals surface area contributed by atoms with Gasteiger partial charge in [-0.2, -0.15) is 0 Å². The van der Waals surface area contributed by atoms with E-state index in [9.17, 15) is 14.4 Å². The Labute approximate surface area is 140 Å². The standard InChI is InChI=1S/C16H23N3O5/c1-3-5-10-24-15-12(20)6-9-19-14(15)16(22)18(11-17-19)8-7-13(21)23-4-2/h6,9,17H,3-5,7-8,10-11H2,1-2H3. The molecule has 1 aliphatic rings. The number of nitrogens with one attached hydrogen (secondary N) is 1. The molecule has 0 bridgehead atoms. The maximum atomic E-state index is 12.7. The SMILES string of the molecule is CCCCOc1c2n(ccc1=O)NCN(CCC(=O)OCC)C2=O. The van der Waals surface area contributed by atoms with Crippen molar-refractivity contribution in [2.45, 2.75) is 33.1 Å². The molecule has 1 N–H and O–H groups in total. The predicted molar refractivity (Wildman–Crippen MR) is 87.6 cm³/mol. The van der Waals surface area contributed by atoms with Gasteiger partial charge >= 0.3 is 5.97 Å². The minimum atomic E-state index is -0.360. The number of ether oxygens (including phenoxy) is 2. The molecule has 0 atom stereocenters. The molecule has 1 aliphatic heterocycles. The first-order valence-electron chi connectivity index (χ1n) is 8.15. The summed E-state index contributed by atoms with van der Waals surface area (Å²) in [4.78, 5) is 37.7. The van der Waals surface area contributed by atoms with Crippen molar-refractivity contribution in [1.29, 1.82) is 0 Å². The highest BCUT2D eigenvalue weighted by molar-refractivity contribution is 5.96. The third-order valence-corrected chi connectivity index (χ3v) is 3.61. The van der Waals surface area contributed by atoms with Crippen LogP contribution in [0.15, 0.2) is 17.1 Å². The van der Waals surface area contributed by atoms with E-state index in [0.717, 1.165) is 12.8 Å². The van der Waals surface area contributed by atoms with Gasteiger partial charge in [0.1, 0.15) is 6.67 Å². The summed E-state index contributed by atoms with van der Waals surface area (Å²) in [6.45, 7) is 4.87. The van der Waals surface area contributed by atoms with Gasteiger partial charge in [-0.25, -0.2) is 0 Å². The molecule has 0 aliphatic carbocycles. The molecule has 0 fully saturated rings. The smallest absolute Gasteiger partial charge is 0.307 e. The number of carbonyl (C=O) groups excluding carboxylic acids is 2. The number of nitrogens with zero attached hydrogens (tertiary/aromatic N) is 2. The zero-order chi connectivity index (χ0) is 17.5. The van der Waals surface area contributed by atoms with Gasteiger partial charge in [-0.1, -0.05) is 13.3 Å². The first kappa shape index (κ1) is 17.8. The summed E-state index contributed by atoms with van der Waals surface area (Å²) in [5.74, 6) is -0.660. The summed E-state index contributed by atoms with van der Waals surface area (Å²) in [6.07, 6.45) is 3.32. The molecule has 132 valence electrons. The fourth-order valence-corrected chi connectivity index (χ4v) is 2.33. The summed E-state index contributed by atoms with van der Waals surface area (Å²) in [7, 11) is 0. The second-order valence-electron chi connectivity index (χ2n) is 5.37. The average Bonchev–Trinajstić information content (AvgIpc) is 2.56. The molecule has 0 spiro atoms. The van der Waals surface area contributed by atoms with Crippen molar-refractivity contribution in [2.24, 2.45) is 0 Å². The summed E-state index contributed by atoms with van der Waals surface area (Å²) in [6, 6.07) is 1.36. The number of pyridine rings is 1. The van der Waals surface area contributed by atoms with Gasteiger partial charge in [0, 0.05) is 18.8 Å². The van der Waals surface area contributed by atoms with Gasteiger partial charge in [0.25, 0.3) is 5.91 Å². The first-order valence-corrected chi connectivity index (χ1v) is 8.15. The van der Waals surface area contributed by atoms with E-state index >= 15 is 0 Å². The highest BCUT2D eigenvalue weighted by atomic mass is 16.5. The molecule has 1 aromatic rings. The number of carbonyl (C=O) groups is 2. The number of fused-ring (bicyclic) bond motifs is 1. The molecule has 0 radical (unpaired) electrons. The minimum Gasteiger partial charge on any atom is -0.487 e. The Morgan fingerprint density at radius 3 is 2.83 bits per heavy atom. The minimum absolute atomic E-state index is 0.0456. The Hall–Kier alpha value is -2.51. The molecule has 2 heterocycles. The molecular formula is C16H23N3O5. The van der Waals surface area contributed by atoms with Crippen molar-refractivity contribution in [3.8, 4) is 5.75 Å². The molecule has 1 amide bonds. The van der Waals surface area contributed by atoms with Crippen molar-refractivity contribution in [3.63, 3.8) is 0 Å². The molecule has 0 saturated carbocycles. The number of aromatic nitrogens is 1. The Morgan fingerprint density at radius 2 is 2.12 bits per heavy atom. The van der Waals surface area contributed by atoms with Gasteiger partial charge in [0.05, 0.1) is 19.6 Å². The van der Waals surface area contributed by atoms with Crippen LogP contribution in [0.2, 0.25) is 0 Å². The normalized spacial score (nSPS) is 13.2. The maximum Gasteiger partial charge on any atom is 0.307 e. The molecule has 1 aromatic heterocycles. The predicted octanol–water partition coefficient (Wildman–Crippen LogP) is 0.937. The quantitative estimate of drug-likeness (QED) is 0.561. The number of hydrogen-bond donors (Lipinski definition) is 1. The Morgan fingerprint density at radius 1 is 1.33 bits per heavy atom. The number of esters is 1. The van der Waals surface area contributed by atoms with Crippen LogP contribution < -0.4 is 15.6 Å². The summed E-state index contributed by atoms with van der Waals surface area (Å²) in [5, 5.41) is 0. The molecule has 8 heteroatoms. The van der Waals surface area contributed by atoms with Gasteiger partial charge in [0.15, 0.2) is 11.4 Å². The molecule has 0 unspecified atom stereocenters. The van der Waals surface area contributed by atoms with Crippen LogP contribution in [-0.4, -0.2) is 47.9 Å². The monoisotopic (exact) mass is 337 g/mol. The topological polar surface area (TPSA) is 89.9 Å². The Bertz CT molecular complexity index is 656. The van der Waals surface area contributed by atoms with E-state index in [1.165, 1.54) is 21.8 Å². The first-order chi connectivity index (χ1) is 11.6. The van der Waals surface area contributed by atoms with E-state index in [1.54, 1.807) is 6.92 Å². The molecule has 24 heavy (non-hydrogen) atoms. The van der Waals surface area contributed by atoms with Crippen LogP contribution in [0.1, 0.15) is 43.6 Å². The third-order valence-electron chi connectivity index (χ3n) is 3.61. The van der Waals surface area contributed by atoms with Crippen LogP contribution in [-0.2, 0) is 9.53 Å². The van der Waals surface area contributed by atoms with E-state index in [0.29, 0.717) is 13.2 Å². The average molecular weight is 337 g/mol. The number of hydrogen-bond acceptors (Lipinski definition) is 6. The van der Waals surface area contributed by atoms with E-state index in [1.807, 2.05) is 6.92 Å². The van der Waals surface area contributed by atoms with Crippen molar-refractivity contribution in [3.05, 3.63) is 28.2 Å². The third kappa shape index (κ3) is 4.06. The fourth-order valence-electron chi connectivity index (χ4n) is 2.33. The number of rotatable bonds is 8. The van der Waals surface area contributed by atoms with Crippen LogP contribution >= 0.6 is 0 Å². The van der Waals surface area contributed by atoms with E-state index < -0.39 is 0 Å². The number of unbranched alkanes of at least 4 members (excludes halogenated alkanes) is 1. The molecule has 0 saturated heterocycles.